The molecule has 5 aromatic carbocycles. The normalized spacial score (nSPS) is 19.8. The molecule has 0 amide bonds. The summed E-state index contributed by atoms with van der Waals surface area (Å²) in [7, 11) is 3.34. The summed E-state index contributed by atoms with van der Waals surface area (Å²) in [5.74, 6) is 1.84. The number of morpholine rings is 1. The van der Waals surface area contributed by atoms with E-state index in [-0.39, 0.29) is 5.82 Å². The van der Waals surface area contributed by atoms with Crippen LogP contribution in [-0.2, 0) is 10.3 Å². The van der Waals surface area contributed by atoms with E-state index in [1.807, 2.05) is 49.4 Å². The molecule has 1 aliphatic carbocycles. The summed E-state index contributed by atoms with van der Waals surface area (Å²) < 4.78 is 38.5. The van der Waals surface area contributed by atoms with Crippen molar-refractivity contribution in [2.24, 2.45) is 0 Å². The molecule has 6 nitrogen and oxygen atoms in total. The number of benzene rings is 5. The van der Waals surface area contributed by atoms with E-state index in [1.165, 1.54) is 12.1 Å². The number of hydrogen-bond donors (Lipinski definition) is 1. The molecule has 1 N–H and O–H groups in total. The van der Waals surface area contributed by atoms with Crippen LogP contribution in [0, 0.1) is 5.82 Å². The monoisotopic (exact) mass is 629 g/mol. The van der Waals surface area contributed by atoms with Crippen LogP contribution in [0.2, 0.25) is 0 Å². The van der Waals surface area contributed by atoms with Crippen LogP contribution in [0.1, 0.15) is 47.3 Å². The topological polar surface area (TPSA) is 60.4 Å². The predicted octanol–water partition coefficient (Wildman–Crippen LogP) is 8.02. The van der Waals surface area contributed by atoms with Crippen LogP contribution in [0.4, 0.5) is 10.1 Å². The summed E-state index contributed by atoms with van der Waals surface area (Å²) in [5.41, 5.74) is 6.82. The first-order chi connectivity index (χ1) is 22.9. The molecular formula is C40H36FNO5. The molecule has 1 fully saturated rings. The van der Waals surface area contributed by atoms with Crippen LogP contribution in [0.5, 0.6) is 17.2 Å². The van der Waals surface area contributed by atoms with Crippen LogP contribution in [0.15, 0.2) is 91.0 Å². The highest BCUT2D eigenvalue weighted by molar-refractivity contribution is 6.12. The van der Waals surface area contributed by atoms with Crippen molar-refractivity contribution in [1.29, 1.82) is 0 Å². The number of ether oxygens (including phenoxy) is 4. The smallest absolute Gasteiger partial charge is 0.143 e. The number of fused-ring (bicyclic) bond motifs is 8. The number of rotatable bonds is 6. The van der Waals surface area contributed by atoms with E-state index in [2.05, 4.69) is 29.2 Å². The van der Waals surface area contributed by atoms with Gasteiger partial charge in [-0.1, -0.05) is 55.5 Å². The highest BCUT2D eigenvalue weighted by atomic mass is 19.1. The van der Waals surface area contributed by atoms with Gasteiger partial charge in [0.25, 0.3) is 0 Å². The van der Waals surface area contributed by atoms with E-state index < -0.39 is 11.7 Å². The Bertz CT molecular complexity index is 2030. The third-order valence-corrected chi connectivity index (χ3v) is 9.91. The van der Waals surface area contributed by atoms with Crippen LogP contribution in [0.3, 0.4) is 0 Å². The molecule has 2 unspecified atom stereocenters. The number of halogens is 1. The Kier molecular flexibility index (Phi) is 7.19. The molecule has 8 rings (SSSR count). The third-order valence-electron chi connectivity index (χ3n) is 9.91. The van der Waals surface area contributed by atoms with Gasteiger partial charge >= 0.3 is 0 Å². The fourth-order valence-electron chi connectivity index (χ4n) is 7.55. The first-order valence-corrected chi connectivity index (χ1v) is 16.1. The molecule has 238 valence electrons. The predicted molar refractivity (Wildman–Crippen MR) is 182 cm³/mol. The van der Waals surface area contributed by atoms with Gasteiger partial charge in [0, 0.05) is 29.6 Å². The van der Waals surface area contributed by atoms with Crippen molar-refractivity contribution in [3.05, 3.63) is 125 Å². The zero-order valence-electron chi connectivity index (χ0n) is 26.7. The summed E-state index contributed by atoms with van der Waals surface area (Å²) in [6.07, 6.45) is 2.08. The summed E-state index contributed by atoms with van der Waals surface area (Å²) in [4.78, 5) is 2.30. The van der Waals surface area contributed by atoms with Crippen molar-refractivity contribution in [2.45, 2.75) is 25.0 Å². The maximum atomic E-state index is 14.3. The Morgan fingerprint density at radius 1 is 0.894 bits per heavy atom. The van der Waals surface area contributed by atoms with Crippen LogP contribution >= 0.6 is 0 Å². The highest BCUT2D eigenvalue weighted by Crippen LogP contribution is 2.60. The third kappa shape index (κ3) is 4.60. The van der Waals surface area contributed by atoms with E-state index in [0.717, 1.165) is 85.6 Å². The molecule has 3 aliphatic rings. The molecule has 2 atom stereocenters. The molecule has 47 heavy (non-hydrogen) atoms. The van der Waals surface area contributed by atoms with E-state index in [1.54, 1.807) is 26.4 Å². The quantitative estimate of drug-likeness (QED) is 0.205. The maximum absolute atomic E-state index is 14.3. The summed E-state index contributed by atoms with van der Waals surface area (Å²) in [6, 6.07) is 26.8. The zero-order chi connectivity index (χ0) is 32.3. The highest BCUT2D eigenvalue weighted by Gasteiger charge is 2.46. The molecule has 7 heteroatoms. The van der Waals surface area contributed by atoms with Gasteiger partial charge in [-0.3, -0.25) is 0 Å². The van der Waals surface area contributed by atoms with E-state index in [0.29, 0.717) is 25.4 Å². The molecular weight excluding hydrogens is 593 g/mol. The molecule has 0 aromatic heterocycles. The lowest BCUT2D eigenvalue weighted by Crippen LogP contribution is -2.36. The van der Waals surface area contributed by atoms with Gasteiger partial charge in [0.15, 0.2) is 0 Å². The van der Waals surface area contributed by atoms with Crippen molar-refractivity contribution < 1.29 is 28.4 Å². The van der Waals surface area contributed by atoms with Crippen LogP contribution in [0.25, 0.3) is 27.5 Å². The van der Waals surface area contributed by atoms with Crippen LogP contribution < -0.4 is 19.1 Å². The maximum Gasteiger partial charge on any atom is 0.143 e. The Morgan fingerprint density at radius 2 is 1.64 bits per heavy atom. The van der Waals surface area contributed by atoms with E-state index in [4.69, 9.17) is 18.9 Å². The molecule has 1 saturated heterocycles. The first-order valence-electron chi connectivity index (χ1n) is 16.1. The number of nitrogens with zero attached hydrogens (tertiary/aromatic N) is 1. The van der Waals surface area contributed by atoms with Gasteiger partial charge in [0.1, 0.15) is 34.8 Å². The van der Waals surface area contributed by atoms with Gasteiger partial charge in [0.2, 0.25) is 0 Å². The summed E-state index contributed by atoms with van der Waals surface area (Å²) in [5, 5.41) is 14.6. The summed E-state index contributed by atoms with van der Waals surface area (Å²) >= 11 is 0. The van der Waals surface area contributed by atoms with Gasteiger partial charge < -0.3 is 29.0 Å². The standard InChI is InChI=1S/C40H36FNO5/c1-4-40(43)32-8-6-5-7-28(32)36-30-21-33(42-17-19-46-20-18-42)35(45-3)23-31(30)39-37(38(36)40)29(24-9-13-26(41)14-10-24)22-34(47-39)25-11-15-27(44-2)16-12-25/h5-16,21-23,34,43H,4,17-20H2,1-3H3. The van der Waals surface area contributed by atoms with Gasteiger partial charge in [0.05, 0.1) is 33.1 Å². The average molecular weight is 630 g/mol. The average Bonchev–Trinajstić information content (AvgIpc) is 3.40. The Morgan fingerprint density at radius 3 is 2.34 bits per heavy atom. The lowest BCUT2D eigenvalue weighted by molar-refractivity contribution is 0.0806. The lowest BCUT2D eigenvalue weighted by Gasteiger charge is -2.34. The Balaban J connectivity index is 1.49. The summed E-state index contributed by atoms with van der Waals surface area (Å²) in [6.45, 7) is 4.79. The molecule has 2 heterocycles. The fourth-order valence-corrected chi connectivity index (χ4v) is 7.55. The molecule has 2 aliphatic heterocycles. The van der Waals surface area contributed by atoms with Crippen molar-refractivity contribution >= 4 is 22.0 Å². The van der Waals surface area contributed by atoms with Gasteiger partial charge in [-0.15, -0.1) is 0 Å². The minimum Gasteiger partial charge on any atom is -0.497 e. The molecule has 0 bridgehead atoms. The second kappa shape index (κ2) is 11.4. The fraction of sp³-hybridized carbons (Fsp3) is 0.250. The molecule has 5 aromatic rings. The SMILES string of the molecule is CCC1(O)c2ccccc2-c2c1c1c(c3cc(OC)c(N4CCOCC4)cc23)OC(c2ccc(OC)cc2)C=C1c1ccc(F)cc1. The van der Waals surface area contributed by atoms with Gasteiger partial charge in [-0.2, -0.15) is 0 Å². The Hall–Kier alpha value is -4.85. The van der Waals surface area contributed by atoms with E-state index in [9.17, 15) is 9.50 Å². The first kappa shape index (κ1) is 29.5. The van der Waals surface area contributed by atoms with Gasteiger partial charge in [-0.05, 0) is 87.7 Å². The second-order valence-corrected chi connectivity index (χ2v) is 12.3. The van der Waals surface area contributed by atoms with Gasteiger partial charge in [-0.25, -0.2) is 4.39 Å². The second-order valence-electron chi connectivity index (χ2n) is 12.3. The molecule has 0 saturated carbocycles. The van der Waals surface area contributed by atoms with Crippen LogP contribution in [-0.4, -0.2) is 45.6 Å². The number of hydrogen-bond acceptors (Lipinski definition) is 6. The number of methoxy groups -OCH3 is 2. The minimum atomic E-state index is -1.28. The molecule has 0 spiro atoms. The van der Waals surface area contributed by atoms with E-state index >= 15 is 0 Å². The largest absolute Gasteiger partial charge is 0.497 e. The minimum absolute atomic E-state index is 0.310. The lowest BCUT2D eigenvalue weighted by atomic mass is 9.79. The molecule has 0 radical (unpaired) electrons. The van der Waals surface area contributed by atoms with Crippen molar-refractivity contribution in [3.63, 3.8) is 0 Å². The number of aliphatic hydroxyl groups is 1. The number of anilines is 1. The van der Waals surface area contributed by atoms with Crippen molar-refractivity contribution in [2.75, 3.05) is 45.4 Å². The Labute approximate surface area is 273 Å². The van der Waals surface area contributed by atoms with Crippen molar-refractivity contribution in [3.8, 4) is 28.4 Å². The van der Waals surface area contributed by atoms with Crippen molar-refractivity contribution in [1.82, 2.24) is 0 Å². The zero-order valence-corrected chi connectivity index (χ0v) is 26.7.